The van der Waals surface area contributed by atoms with Crippen molar-refractivity contribution in [3.8, 4) is 23.2 Å². The van der Waals surface area contributed by atoms with Crippen LogP contribution in [0.1, 0.15) is 11.4 Å². The Bertz CT molecular complexity index is 898. The average Bonchev–Trinajstić information content (AvgIpc) is 2.97. The molecule has 0 saturated heterocycles. The molecule has 0 amide bonds. The molecule has 2 aromatic carbocycles. The van der Waals surface area contributed by atoms with Gasteiger partial charge in [-0.3, -0.25) is 0 Å². The fraction of sp³-hybridized carbons (Fsp3) is 0.167. The minimum Gasteiger partial charge on any atom is -0.489 e. The lowest BCUT2D eigenvalue weighted by atomic mass is 10.1. The van der Waals surface area contributed by atoms with Crippen LogP contribution in [0.25, 0.3) is 11.4 Å². The third kappa shape index (κ3) is 3.25. The van der Waals surface area contributed by atoms with Crippen molar-refractivity contribution in [3.63, 3.8) is 0 Å². The van der Waals surface area contributed by atoms with Gasteiger partial charge in [-0.15, -0.1) is 10.2 Å². The predicted molar refractivity (Wildman–Crippen MR) is 86.8 cm³/mol. The van der Waals surface area contributed by atoms with Crippen LogP contribution in [0.15, 0.2) is 48.5 Å². The summed E-state index contributed by atoms with van der Waals surface area (Å²) in [5.41, 5.74) is 1.36. The van der Waals surface area contributed by atoms with E-state index in [1.165, 1.54) is 6.07 Å². The summed E-state index contributed by atoms with van der Waals surface area (Å²) in [5, 5.41) is 17.3. The molecule has 1 heterocycles. The second kappa shape index (κ2) is 6.92. The van der Waals surface area contributed by atoms with Gasteiger partial charge in [0.2, 0.25) is 0 Å². The average molecular weight is 322 g/mol. The molecule has 0 spiro atoms. The van der Waals surface area contributed by atoms with E-state index in [2.05, 4.69) is 16.3 Å². The molecule has 0 aliphatic carbocycles. The first-order chi connectivity index (χ1) is 11.7. The van der Waals surface area contributed by atoms with Gasteiger partial charge in [0.15, 0.2) is 17.4 Å². The number of hydrogen-bond donors (Lipinski definition) is 0. The van der Waals surface area contributed by atoms with E-state index in [4.69, 9.17) is 10.00 Å². The van der Waals surface area contributed by atoms with E-state index in [1.807, 2.05) is 17.6 Å². The summed E-state index contributed by atoms with van der Waals surface area (Å²) in [4.78, 5) is 0. The molecule has 24 heavy (non-hydrogen) atoms. The van der Waals surface area contributed by atoms with Gasteiger partial charge in [0, 0.05) is 5.56 Å². The van der Waals surface area contributed by atoms with Crippen LogP contribution in [0.2, 0.25) is 0 Å². The van der Waals surface area contributed by atoms with Crippen molar-refractivity contribution in [2.45, 2.75) is 13.5 Å². The Morgan fingerprint density at radius 2 is 2.00 bits per heavy atom. The maximum atomic E-state index is 13.6. The Kier molecular flexibility index (Phi) is 4.52. The lowest BCUT2D eigenvalue weighted by molar-refractivity contribution is 0.284. The van der Waals surface area contributed by atoms with Gasteiger partial charge in [-0.1, -0.05) is 24.3 Å². The standard InChI is InChI=1S/C18H15FN4O/c1-13-21-22-18(15-6-4-5-14(11-15)12-20)23(13)9-10-24-17-8-3-2-7-16(17)19/h2-8,11H,9-10H2,1H3. The molecular weight excluding hydrogens is 307 g/mol. The quantitative estimate of drug-likeness (QED) is 0.722. The van der Waals surface area contributed by atoms with Crippen LogP contribution in [0.3, 0.4) is 0 Å². The van der Waals surface area contributed by atoms with Crippen molar-refractivity contribution < 1.29 is 9.13 Å². The minimum absolute atomic E-state index is 0.219. The summed E-state index contributed by atoms with van der Waals surface area (Å²) in [5.74, 6) is 1.21. The number of halogens is 1. The third-order valence-corrected chi connectivity index (χ3v) is 3.59. The van der Waals surface area contributed by atoms with Crippen molar-refractivity contribution >= 4 is 0 Å². The van der Waals surface area contributed by atoms with E-state index in [0.717, 1.165) is 11.4 Å². The number of para-hydroxylation sites is 1. The molecule has 1 aromatic heterocycles. The Hall–Kier alpha value is -3.20. The largest absolute Gasteiger partial charge is 0.489 e. The molecule has 0 atom stereocenters. The zero-order valence-electron chi connectivity index (χ0n) is 13.1. The molecule has 0 unspecified atom stereocenters. The van der Waals surface area contributed by atoms with Crippen LogP contribution in [0.4, 0.5) is 4.39 Å². The number of aromatic nitrogens is 3. The summed E-state index contributed by atoms with van der Waals surface area (Å²) < 4.78 is 21.0. The predicted octanol–water partition coefficient (Wildman–Crippen LogP) is 3.34. The highest BCUT2D eigenvalue weighted by Gasteiger charge is 2.12. The second-order valence-corrected chi connectivity index (χ2v) is 5.19. The molecule has 0 fully saturated rings. The van der Waals surface area contributed by atoms with Crippen molar-refractivity contribution in [2.24, 2.45) is 0 Å². The van der Waals surface area contributed by atoms with Crippen LogP contribution in [-0.4, -0.2) is 21.4 Å². The Morgan fingerprint density at radius 1 is 1.17 bits per heavy atom. The third-order valence-electron chi connectivity index (χ3n) is 3.59. The van der Waals surface area contributed by atoms with Gasteiger partial charge < -0.3 is 9.30 Å². The van der Waals surface area contributed by atoms with Gasteiger partial charge in [0.1, 0.15) is 12.4 Å². The molecule has 0 aliphatic rings. The number of hydrogen-bond acceptors (Lipinski definition) is 4. The first-order valence-electron chi connectivity index (χ1n) is 7.46. The number of rotatable bonds is 5. The van der Waals surface area contributed by atoms with Crippen molar-refractivity contribution in [2.75, 3.05) is 6.61 Å². The smallest absolute Gasteiger partial charge is 0.165 e. The van der Waals surface area contributed by atoms with Gasteiger partial charge in [-0.25, -0.2) is 4.39 Å². The second-order valence-electron chi connectivity index (χ2n) is 5.19. The van der Waals surface area contributed by atoms with Gasteiger partial charge in [0.25, 0.3) is 0 Å². The molecule has 0 N–H and O–H groups in total. The van der Waals surface area contributed by atoms with Crippen LogP contribution in [0.5, 0.6) is 5.75 Å². The number of benzene rings is 2. The minimum atomic E-state index is -0.389. The van der Waals surface area contributed by atoms with E-state index in [-0.39, 0.29) is 18.2 Å². The van der Waals surface area contributed by atoms with Gasteiger partial charge in [0.05, 0.1) is 18.2 Å². The fourth-order valence-corrected chi connectivity index (χ4v) is 2.40. The maximum absolute atomic E-state index is 13.6. The fourth-order valence-electron chi connectivity index (χ4n) is 2.40. The Balaban J connectivity index is 1.78. The monoisotopic (exact) mass is 322 g/mol. The lowest BCUT2D eigenvalue weighted by Gasteiger charge is -2.11. The van der Waals surface area contributed by atoms with Crippen molar-refractivity contribution in [1.29, 1.82) is 5.26 Å². The normalized spacial score (nSPS) is 10.4. The van der Waals surface area contributed by atoms with Crippen LogP contribution < -0.4 is 4.74 Å². The molecule has 5 nitrogen and oxygen atoms in total. The van der Waals surface area contributed by atoms with Gasteiger partial charge in [-0.2, -0.15) is 5.26 Å². The molecule has 0 aliphatic heterocycles. The first-order valence-corrected chi connectivity index (χ1v) is 7.46. The van der Waals surface area contributed by atoms with Gasteiger partial charge in [-0.05, 0) is 31.2 Å². The highest BCUT2D eigenvalue weighted by molar-refractivity contribution is 5.58. The number of nitrogens with zero attached hydrogens (tertiary/aromatic N) is 4. The van der Waals surface area contributed by atoms with Crippen LogP contribution >= 0.6 is 0 Å². The molecular formula is C18H15FN4O. The highest BCUT2D eigenvalue weighted by Crippen LogP contribution is 2.20. The Morgan fingerprint density at radius 3 is 2.79 bits per heavy atom. The number of aryl methyl sites for hydroxylation is 1. The van der Waals surface area contributed by atoms with E-state index in [1.54, 1.807) is 36.4 Å². The topological polar surface area (TPSA) is 63.7 Å². The molecule has 0 radical (unpaired) electrons. The molecule has 3 rings (SSSR count). The zero-order valence-corrected chi connectivity index (χ0v) is 13.1. The molecule has 0 bridgehead atoms. The number of nitriles is 1. The molecule has 3 aromatic rings. The summed E-state index contributed by atoms with van der Waals surface area (Å²) >= 11 is 0. The summed E-state index contributed by atoms with van der Waals surface area (Å²) in [6.45, 7) is 2.60. The van der Waals surface area contributed by atoms with E-state index < -0.39 is 0 Å². The van der Waals surface area contributed by atoms with Crippen LogP contribution in [0, 0.1) is 24.1 Å². The SMILES string of the molecule is Cc1nnc(-c2cccc(C#N)c2)n1CCOc1ccccc1F. The zero-order chi connectivity index (χ0) is 16.9. The van der Waals surface area contributed by atoms with Crippen molar-refractivity contribution in [1.82, 2.24) is 14.8 Å². The van der Waals surface area contributed by atoms with E-state index in [0.29, 0.717) is 17.9 Å². The van der Waals surface area contributed by atoms with Gasteiger partial charge >= 0.3 is 0 Å². The van der Waals surface area contributed by atoms with E-state index >= 15 is 0 Å². The van der Waals surface area contributed by atoms with E-state index in [9.17, 15) is 4.39 Å². The molecule has 120 valence electrons. The summed E-state index contributed by atoms with van der Waals surface area (Å²) in [6, 6.07) is 15.6. The van der Waals surface area contributed by atoms with Crippen molar-refractivity contribution in [3.05, 3.63) is 65.7 Å². The summed E-state index contributed by atoms with van der Waals surface area (Å²) in [7, 11) is 0. The first kappa shape index (κ1) is 15.7. The highest BCUT2D eigenvalue weighted by atomic mass is 19.1. The molecule has 0 saturated carbocycles. The maximum Gasteiger partial charge on any atom is 0.165 e. The molecule has 6 heteroatoms. The summed E-state index contributed by atoms with van der Waals surface area (Å²) in [6.07, 6.45) is 0. The Labute approximate surface area is 139 Å². The van der Waals surface area contributed by atoms with Crippen LogP contribution in [-0.2, 0) is 6.54 Å². The number of ether oxygens (including phenoxy) is 1. The lowest BCUT2D eigenvalue weighted by Crippen LogP contribution is -2.11.